The number of allylic oxidation sites excluding steroid dienone is 14. The Morgan fingerprint density at radius 3 is 2.43 bits per heavy atom. The van der Waals surface area contributed by atoms with Gasteiger partial charge in [-0.2, -0.15) is 0 Å². The first-order chi connectivity index (χ1) is 11.1. The van der Waals surface area contributed by atoms with Gasteiger partial charge in [-0.1, -0.05) is 72.9 Å². The van der Waals surface area contributed by atoms with Gasteiger partial charge in [-0.15, -0.1) is 0 Å². The minimum atomic E-state index is 0.743. The Morgan fingerprint density at radius 1 is 1.13 bits per heavy atom. The molecule has 0 atom stereocenters. The van der Waals surface area contributed by atoms with Gasteiger partial charge in [-0.05, 0) is 56.8 Å². The Bertz CT molecular complexity index is 589. The van der Waals surface area contributed by atoms with Crippen LogP contribution >= 0.6 is 0 Å². The second-order valence-corrected chi connectivity index (χ2v) is 5.82. The van der Waals surface area contributed by atoms with Gasteiger partial charge in [-0.3, -0.25) is 0 Å². The molecule has 0 heterocycles. The van der Waals surface area contributed by atoms with E-state index in [1.54, 1.807) is 0 Å². The van der Waals surface area contributed by atoms with Crippen molar-refractivity contribution < 1.29 is 0 Å². The molecule has 0 spiro atoms. The fraction of sp³-hybridized carbons (Fsp3) is 0.273. The highest BCUT2D eigenvalue weighted by molar-refractivity contribution is 5.30. The van der Waals surface area contributed by atoms with E-state index in [1.807, 2.05) is 19.1 Å². The number of unbranched alkanes of at least 4 members (excludes halogenated alkanes) is 1. The highest BCUT2D eigenvalue weighted by atomic mass is 14.6. The van der Waals surface area contributed by atoms with E-state index < -0.39 is 0 Å². The third kappa shape index (κ3) is 9.36. The van der Waals surface area contributed by atoms with E-state index in [4.69, 9.17) is 5.73 Å². The molecule has 1 rings (SSSR count). The molecule has 0 saturated carbocycles. The molecule has 2 N–H and O–H groups in total. The van der Waals surface area contributed by atoms with Gasteiger partial charge in [0, 0.05) is 5.70 Å². The van der Waals surface area contributed by atoms with Crippen LogP contribution in [-0.4, -0.2) is 0 Å². The summed E-state index contributed by atoms with van der Waals surface area (Å²) in [4.78, 5) is 0. The Hall–Kier alpha value is -2.28. The summed E-state index contributed by atoms with van der Waals surface area (Å²) in [6, 6.07) is 0. The normalized spacial score (nSPS) is 17.7. The third-order valence-electron chi connectivity index (χ3n) is 3.52. The summed E-state index contributed by atoms with van der Waals surface area (Å²) in [6.45, 7) is 7.89. The molecular weight excluding hydrogens is 278 g/mol. The quantitative estimate of drug-likeness (QED) is 0.427. The lowest BCUT2D eigenvalue weighted by Crippen LogP contribution is -1.95. The molecule has 0 aromatic carbocycles. The summed E-state index contributed by atoms with van der Waals surface area (Å²) >= 11 is 0. The average molecular weight is 307 g/mol. The average Bonchev–Trinajstić information content (AvgIpc) is 2.56. The monoisotopic (exact) mass is 307 g/mol. The van der Waals surface area contributed by atoms with Crippen molar-refractivity contribution in [2.75, 3.05) is 0 Å². The standard InChI is InChI=1S/C22H29N/c1-19(2)22(23)16-12-7-5-4-6-9-13-20(3)17-18-21-14-10-8-11-15-21/h6-14,16,18H,1,4-5,15,17,23H2,2-3H3/b9-6-,12-7+,20-13+,21-18-,22-16+. The van der Waals surface area contributed by atoms with Crippen LogP contribution in [0.1, 0.15) is 39.5 Å². The predicted octanol–water partition coefficient (Wildman–Crippen LogP) is 6.08. The Balaban J connectivity index is 2.25. The van der Waals surface area contributed by atoms with Crippen molar-refractivity contribution in [1.29, 1.82) is 0 Å². The Morgan fingerprint density at radius 2 is 1.83 bits per heavy atom. The Labute approximate surface area is 141 Å². The molecule has 0 unspecified atom stereocenters. The van der Waals surface area contributed by atoms with E-state index in [-0.39, 0.29) is 0 Å². The van der Waals surface area contributed by atoms with Crippen LogP contribution in [0.2, 0.25) is 0 Å². The maximum Gasteiger partial charge on any atom is 0.0337 e. The molecule has 23 heavy (non-hydrogen) atoms. The molecule has 1 nitrogen and oxygen atoms in total. The molecule has 0 aromatic heterocycles. The van der Waals surface area contributed by atoms with Gasteiger partial charge in [0.2, 0.25) is 0 Å². The first-order valence-electron chi connectivity index (χ1n) is 8.22. The summed E-state index contributed by atoms with van der Waals surface area (Å²) in [6.07, 6.45) is 27.6. The fourth-order valence-electron chi connectivity index (χ4n) is 1.97. The minimum absolute atomic E-state index is 0.743. The van der Waals surface area contributed by atoms with Crippen LogP contribution in [0.3, 0.4) is 0 Å². The van der Waals surface area contributed by atoms with Crippen LogP contribution < -0.4 is 5.73 Å². The summed E-state index contributed by atoms with van der Waals surface area (Å²) in [7, 11) is 0. The maximum atomic E-state index is 5.77. The van der Waals surface area contributed by atoms with E-state index in [1.165, 1.54) is 11.1 Å². The summed E-state index contributed by atoms with van der Waals surface area (Å²) in [5.74, 6) is 0. The Kier molecular flexibility index (Phi) is 9.23. The van der Waals surface area contributed by atoms with Gasteiger partial charge in [0.1, 0.15) is 0 Å². The van der Waals surface area contributed by atoms with Crippen molar-refractivity contribution >= 4 is 0 Å². The van der Waals surface area contributed by atoms with Crippen molar-refractivity contribution in [3.05, 3.63) is 95.8 Å². The lowest BCUT2D eigenvalue weighted by Gasteiger charge is -2.02. The number of rotatable bonds is 8. The zero-order chi connectivity index (χ0) is 16.9. The molecule has 0 aromatic rings. The topological polar surface area (TPSA) is 26.0 Å². The van der Waals surface area contributed by atoms with E-state index in [0.29, 0.717) is 0 Å². The zero-order valence-electron chi connectivity index (χ0n) is 14.5. The molecule has 0 aliphatic heterocycles. The van der Waals surface area contributed by atoms with E-state index in [0.717, 1.165) is 37.0 Å². The zero-order valence-corrected chi connectivity index (χ0v) is 14.5. The maximum absolute atomic E-state index is 5.77. The highest BCUT2D eigenvalue weighted by Crippen LogP contribution is 2.13. The number of nitrogens with two attached hydrogens (primary N) is 1. The molecule has 0 bridgehead atoms. The largest absolute Gasteiger partial charge is 0.399 e. The van der Waals surface area contributed by atoms with E-state index >= 15 is 0 Å². The number of hydrogen-bond donors (Lipinski definition) is 1. The molecule has 0 amide bonds. The van der Waals surface area contributed by atoms with Gasteiger partial charge in [0.05, 0.1) is 0 Å². The van der Waals surface area contributed by atoms with Gasteiger partial charge in [0.15, 0.2) is 0 Å². The molecule has 0 saturated heterocycles. The van der Waals surface area contributed by atoms with Gasteiger partial charge < -0.3 is 5.73 Å². The van der Waals surface area contributed by atoms with Gasteiger partial charge in [0.25, 0.3) is 0 Å². The van der Waals surface area contributed by atoms with Crippen LogP contribution in [0.5, 0.6) is 0 Å². The van der Waals surface area contributed by atoms with Crippen LogP contribution in [0.25, 0.3) is 0 Å². The SMILES string of the molecule is C=C(C)/C(N)=C\C=C\CC/C=C\C=C(/C)C/C=C1/C=CC=CC1. The summed E-state index contributed by atoms with van der Waals surface area (Å²) < 4.78 is 0. The first kappa shape index (κ1) is 18.8. The third-order valence-corrected chi connectivity index (χ3v) is 3.52. The van der Waals surface area contributed by atoms with Crippen LogP contribution in [0.4, 0.5) is 0 Å². The lowest BCUT2D eigenvalue weighted by atomic mass is 10.0. The van der Waals surface area contributed by atoms with Gasteiger partial charge in [-0.25, -0.2) is 0 Å². The summed E-state index contributed by atoms with van der Waals surface area (Å²) in [5, 5.41) is 0. The van der Waals surface area contributed by atoms with E-state index in [2.05, 4.69) is 68.2 Å². The molecule has 122 valence electrons. The van der Waals surface area contributed by atoms with Gasteiger partial charge >= 0.3 is 0 Å². The first-order valence-corrected chi connectivity index (χ1v) is 8.22. The second kappa shape index (κ2) is 11.3. The second-order valence-electron chi connectivity index (χ2n) is 5.82. The molecule has 1 aliphatic carbocycles. The van der Waals surface area contributed by atoms with E-state index in [9.17, 15) is 0 Å². The predicted molar refractivity (Wildman–Crippen MR) is 104 cm³/mol. The van der Waals surface area contributed by atoms with Crippen LogP contribution in [0.15, 0.2) is 95.8 Å². The minimum Gasteiger partial charge on any atom is -0.399 e. The lowest BCUT2D eigenvalue weighted by molar-refractivity contribution is 1.05. The molecule has 1 aliphatic rings. The highest BCUT2D eigenvalue weighted by Gasteiger charge is 1.93. The molecule has 0 radical (unpaired) electrons. The van der Waals surface area contributed by atoms with Crippen molar-refractivity contribution in [3.8, 4) is 0 Å². The van der Waals surface area contributed by atoms with Crippen LogP contribution in [-0.2, 0) is 0 Å². The summed E-state index contributed by atoms with van der Waals surface area (Å²) in [5.41, 5.74) is 10.2. The van der Waals surface area contributed by atoms with Crippen molar-refractivity contribution in [2.45, 2.75) is 39.5 Å². The van der Waals surface area contributed by atoms with Crippen molar-refractivity contribution in [1.82, 2.24) is 0 Å². The number of hydrogen-bond acceptors (Lipinski definition) is 1. The molecule has 1 heteroatoms. The van der Waals surface area contributed by atoms with Crippen LogP contribution in [0, 0.1) is 0 Å². The van der Waals surface area contributed by atoms with Crippen molar-refractivity contribution in [3.63, 3.8) is 0 Å². The molecule has 0 fully saturated rings. The van der Waals surface area contributed by atoms with Crippen molar-refractivity contribution in [2.24, 2.45) is 5.73 Å². The molecular formula is C22H29N. The smallest absolute Gasteiger partial charge is 0.0337 e. The fourth-order valence-corrected chi connectivity index (χ4v) is 1.97.